The van der Waals surface area contributed by atoms with Crippen molar-refractivity contribution in [1.29, 1.82) is 0 Å². The Morgan fingerprint density at radius 1 is 1.03 bits per heavy atom. The Kier molecular flexibility index (Phi) is 5.06. The summed E-state index contributed by atoms with van der Waals surface area (Å²) in [6.07, 6.45) is 5.66. The zero-order valence-electron chi connectivity index (χ0n) is 18.0. The number of amides is 1. The van der Waals surface area contributed by atoms with Gasteiger partial charge in [0.2, 0.25) is 0 Å². The second kappa shape index (κ2) is 7.73. The average molecular weight is 405 g/mol. The smallest absolute Gasteiger partial charge is 0.261 e. The number of carbonyl (C=O) groups is 1. The summed E-state index contributed by atoms with van der Waals surface area (Å²) in [5.41, 5.74) is 1.50. The van der Waals surface area contributed by atoms with Gasteiger partial charge in [-0.2, -0.15) is 0 Å². The minimum Gasteiger partial charge on any atom is -0.484 e. The molecular weight excluding hydrogens is 372 g/mol. The molecule has 0 aromatic heterocycles. The molecule has 3 aliphatic rings. The third-order valence-electron chi connectivity index (χ3n) is 7.96. The molecule has 2 heterocycles. The molecule has 0 unspecified atom stereocenters. The van der Waals surface area contributed by atoms with E-state index in [2.05, 4.69) is 54.1 Å². The van der Waals surface area contributed by atoms with Crippen LogP contribution in [0.2, 0.25) is 0 Å². The zero-order chi connectivity index (χ0) is 20.7. The SMILES string of the molecule is CN1[C@H]2CCC[C@H]3N(C(=O)COc4ccccc4)[C@H](Cc4ccccc4)[C@@H]1C[C@@]23C. The van der Waals surface area contributed by atoms with E-state index in [0.717, 1.165) is 18.6 Å². The summed E-state index contributed by atoms with van der Waals surface area (Å²) < 4.78 is 5.90. The van der Waals surface area contributed by atoms with Crippen molar-refractivity contribution < 1.29 is 9.53 Å². The summed E-state index contributed by atoms with van der Waals surface area (Å²) in [5.74, 6) is 0.895. The van der Waals surface area contributed by atoms with Crippen LogP contribution in [0.3, 0.4) is 0 Å². The predicted octanol–water partition coefficient (Wildman–Crippen LogP) is 4.15. The van der Waals surface area contributed by atoms with Gasteiger partial charge in [0, 0.05) is 23.5 Å². The lowest BCUT2D eigenvalue weighted by atomic mass is 9.64. The van der Waals surface area contributed by atoms with Gasteiger partial charge in [-0.3, -0.25) is 9.69 Å². The van der Waals surface area contributed by atoms with E-state index < -0.39 is 0 Å². The third-order valence-corrected chi connectivity index (χ3v) is 7.96. The number of carbonyl (C=O) groups excluding carboxylic acids is 1. The van der Waals surface area contributed by atoms with E-state index in [1.807, 2.05) is 30.3 Å². The number of rotatable bonds is 5. The number of ether oxygens (including phenoxy) is 1. The maximum Gasteiger partial charge on any atom is 0.261 e. The number of benzene rings is 2. The fourth-order valence-electron chi connectivity index (χ4n) is 6.62. The van der Waals surface area contributed by atoms with Crippen molar-refractivity contribution >= 4 is 5.91 Å². The van der Waals surface area contributed by atoms with E-state index in [-0.39, 0.29) is 24.0 Å². The van der Waals surface area contributed by atoms with Gasteiger partial charge in [-0.25, -0.2) is 0 Å². The van der Waals surface area contributed by atoms with Crippen LogP contribution in [-0.2, 0) is 11.2 Å². The number of para-hydroxylation sites is 1. The molecule has 1 aliphatic carbocycles. The number of likely N-dealkylation sites (tertiary alicyclic amines) is 2. The number of likely N-dealkylation sites (N-methyl/N-ethyl adjacent to an activating group) is 1. The Morgan fingerprint density at radius 2 is 1.70 bits per heavy atom. The summed E-state index contributed by atoms with van der Waals surface area (Å²) in [7, 11) is 2.29. The molecule has 0 N–H and O–H groups in total. The largest absolute Gasteiger partial charge is 0.484 e. The minimum absolute atomic E-state index is 0.114. The summed E-state index contributed by atoms with van der Waals surface area (Å²) in [6, 6.07) is 21.8. The number of hydrogen-bond donors (Lipinski definition) is 0. The Hall–Kier alpha value is -2.33. The molecule has 2 bridgehead atoms. The molecule has 4 heteroatoms. The number of nitrogens with zero attached hydrogens (tertiary/aromatic N) is 2. The first-order valence-corrected chi connectivity index (χ1v) is 11.3. The van der Waals surface area contributed by atoms with Crippen LogP contribution in [0.15, 0.2) is 60.7 Å². The highest BCUT2D eigenvalue weighted by Gasteiger charge is 2.62. The van der Waals surface area contributed by atoms with Gasteiger partial charge in [0.15, 0.2) is 6.61 Å². The highest BCUT2D eigenvalue weighted by atomic mass is 16.5. The second-order valence-electron chi connectivity index (χ2n) is 9.57. The highest BCUT2D eigenvalue weighted by Crippen LogP contribution is 2.55. The van der Waals surface area contributed by atoms with Crippen molar-refractivity contribution in [2.45, 2.75) is 63.2 Å². The van der Waals surface area contributed by atoms with E-state index in [1.54, 1.807) is 0 Å². The van der Waals surface area contributed by atoms with Crippen molar-refractivity contribution in [3.05, 3.63) is 66.2 Å². The maximum atomic E-state index is 13.6. The highest BCUT2D eigenvalue weighted by molar-refractivity contribution is 5.79. The summed E-state index contributed by atoms with van der Waals surface area (Å²) in [5, 5.41) is 0. The van der Waals surface area contributed by atoms with Crippen LogP contribution in [0.25, 0.3) is 0 Å². The first kappa shape index (κ1) is 19.6. The quantitative estimate of drug-likeness (QED) is 0.751. The van der Waals surface area contributed by atoms with Gasteiger partial charge in [0.25, 0.3) is 5.91 Å². The fourth-order valence-corrected chi connectivity index (χ4v) is 6.62. The van der Waals surface area contributed by atoms with Crippen LogP contribution in [0, 0.1) is 5.41 Å². The molecule has 5 atom stereocenters. The lowest BCUT2D eigenvalue weighted by Gasteiger charge is -2.53. The summed E-state index contributed by atoms with van der Waals surface area (Å²) in [6.45, 7) is 2.54. The van der Waals surface area contributed by atoms with Crippen molar-refractivity contribution in [3.63, 3.8) is 0 Å². The molecule has 4 nitrogen and oxygen atoms in total. The summed E-state index contributed by atoms with van der Waals surface area (Å²) >= 11 is 0. The van der Waals surface area contributed by atoms with Crippen molar-refractivity contribution in [1.82, 2.24) is 9.80 Å². The molecule has 2 aliphatic heterocycles. The monoisotopic (exact) mass is 404 g/mol. The first-order valence-electron chi connectivity index (χ1n) is 11.3. The van der Waals surface area contributed by atoms with E-state index >= 15 is 0 Å². The van der Waals surface area contributed by atoms with E-state index in [4.69, 9.17) is 4.74 Å². The van der Waals surface area contributed by atoms with Gasteiger partial charge in [0.1, 0.15) is 5.75 Å². The van der Waals surface area contributed by atoms with Crippen LogP contribution in [-0.4, -0.2) is 53.5 Å². The van der Waals surface area contributed by atoms with Gasteiger partial charge in [-0.05, 0) is 56.8 Å². The van der Waals surface area contributed by atoms with Crippen LogP contribution in [0.1, 0.15) is 38.2 Å². The van der Waals surface area contributed by atoms with Gasteiger partial charge < -0.3 is 9.64 Å². The molecule has 0 spiro atoms. The lowest BCUT2D eigenvalue weighted by molar-refractivity contribution is -0.147. The number of piperidine rings is 1. The van der Waals surface area contributed by atoms with E-state index in [1.165, 1.54) is 24.8 Å². The molecule has 0 radical (unpaired) electrons. The average Bonchev–Trinajstić information content (AvgIpc) is 3.04. The van der Waals surface area contributed by atoms with Crippen LogP contribution in [0.5, 0.6) is 5.75 Å². The Morgan fingerprint density at radius 3 is 2.43 bits per heavy atom. The van der Waals surface area contributed by atoms with Crippen LogP contribution < -0.4 is 4.74 Å². The van der Waals surface area contributed by atoms with E-state index in [9.17, 15) is 4.79 Å². The Balaban J connectivity index is 1.45. The second-order valence-corrected chi connectivity index (χ2v) is 9.57. The summed E-state index contributed by atoms with van der Waals surface area (Å²) in [4.78, 5) is 18.5. The van der Waals surface area contributed by atoms with Crippen molar-refractivity contribution in [2.75, 3.05) is 13.7 Å². The zero-order valence-corrected chi connectivity index (χ0v) is 18.0. The van der Waals surface area contributed by atoms with Crippen molar-refractivity contribution in [3.8, 4) is 5.75 Å². The topological polar surface area (TPSA) is 32.8 Å². The molecule has 2 aromatic rings. The molecule has 2 aromatic carbocycles. The third kappa shape index (κ3) is 3.22. The normalized spacial score (nSPS) is 32.8. The van der Waals surface area contributed by atoms with Gasteiger partial charge in [-0.1, -0.05) is 55.5 Å². The van der Waals surface area contributed by atoms with Crippen molar-refractivity contribution in [2.24, 2.45) is 5.41 Å². The molecule has 158 valence electrons. The number of hydrogen-bond acceptors (Lipinski definition) is 3. The maximum absolute atomic E-state index is 13.6. The minimum atomic E-state index is 0.114. The van der Waals surface area contributed by atoms with Crippen LogP contribution >= 0.6 is 0 Å². The van der Waals surface area contributed by atoms with Gasteiger partial charge in [-0.15, -0.1) is 0 Å². The molecule has 3 fully saturated rings. The fraction of sp³-hybridized carbons (Fsp3) is 0.500. The van der Waals surface area contributed by atoms with Gasteiger partial charge in [0.05, 0.1) is 6.04 Å². The predicted molar refractivity (Wildman–Crippen MR) is 118 cm³/mol. The standard InChI is InChI=1S/C26H32N2O2/c1-26-17-22-21(16-19-10-5-3-6-11-19)28(24(26)15-9-14-23(26)27(22)2)25(29)18-30-20-12-7-4-8-13-20/h3-8,10-13,21-24H,9,14-18H2,1-2H3/t21-,22+,23+,24-,26+/m1/s1. The molecule has 5 rings (SSSR count). The molecule has 2 saturated heterocycles. The molecule has 1 saturated carbocycles. The Labute approximate surface area is 179 Å². The number of fused-ring (bicyclic) bond motifs is 1. The first-order chi connectivity index (χ1) is 14.6. The lowest BCUT2D eigenvalue weighted by Crippen LogP contribution is -2.63. The van der Waals surface area contributed by atoms with Crippen LogP contribution in [0.4, 0.5) is 0 Å². The molecule has 30 heavy (non-hydrogen) atoms. The van der Waals surface area contributed by atoms with E-state index in [0.29, 0.717) is 18.1 Å². The Bertz CT molecular complexity index is 886. The molecule has 1 amide bonds. The molecular formula is C26H32N2O2. The van der Waals surface area contributed by atoms with Gasteiger partial charge >= 0.3 is 0 Å².